The third-order valence-electron chi connectivity index (χ3n) is 3.97. The van der Waals surface area contributed by atoms with Gasteiger partial charge >= 0.3 is 0 Å². The van der Waals surface area contributed by atoms with E-state index < -0.39 is 10.0 Å². The van der Waals surface area contributed by atoms with Crippen LogP contribution in [0.4, 0.5) is 0 Å². The minimum atomic E-state index is -3.48. The number of methoxy groups -OCH3 is 1. The average molecular weight is 358 g/mol. The van der Waals surface area contributed by atoms with E-state index in [0.717, 1.165) is 22.2 Å². The fourth-order valence-corrected chi connectivity index (χ4v) is 4.59. The largest absolute Gasteiger partial charge is 0.376 e. The summed E-state index contributed by atoms with van der Waals surface area (Å²) in [5, 5.41) is 2.88. The topological polar surface area (TPSA) is 75.7 Å². The second kappa shape index (κ2) is 7.21. The number of nitrogens with zero attached hydrogens (tertiary/aromatic N) is 1. The molecular weight excluding hydrogens is 336 g/mol. The second-order valence-electron chi connectivity index (χ2n) is 5.68. The summed E-state index contributed by atoms with van der Waals surface area (Å²) in [5.41, 5.74) is 0.133. The molecule has 1 amide bonds. The monoisotopic (exact) mass is 358 g/mol. The number of ether oxygens (including phenoxy) is 1. The molecule has 6 nitrogen and oxygen atoms in total. The van der Waals surface area contributed by atoms with Gasteiger partial charge in [-0.25, -0.2) is 12.7 Å². The van der Waals surface area contributed by atoms with Gasteiger partial charge in [0.2, 0.25) is 10.0 Å². The summed E-state index contributed by atoms with van der Waals surface area (Å²) in [5.74, 6) is 1.66. The van der Waals surface area contributed by atoms with Crippen molar-refractivity contribution in [2.45, 2.75) is 16.9 Å². The molecule has 1 N–H and O–H groups in total. The second-order valence-corrected chi connectivity index (χ2v) is 8.94. The molecule has 1 aromatic carbocycles. The predicted octanol–water partition coefficient (Wildman–Crippen LogP) is 1.19. The minimum absolute atomic E-state index is 0.166. The fourth-order valence-electron chi connectivity index (χ4n) is 2.29. The van der Waals surface area contributed by atoms with Crippen LogP contribution in [-0.2, 0) is 14.8 Å². The van der Waals surface area contributed by atoms with Crippen molar-refractivity contribution < 1.29 is 17.9 Å². The number of benzene rings is 1. The number of hydrogen-bond acceptors (Lipinski definition) is 5. The van der Waals surface area contributed by atoms with Gasteiger partial charge in [0.1, 0.15) is 0 Å². The Balaban J connectivity index is 2.03. The fraction of sp³-hybridized carbons (Fsp3) is 0.533. The number of rotatable bonds is 6. The third-order valence-corrected chi connectivity index (χ3v) is 7.02. The molecule has 1 atom stereocenters. The number of sulfonamides is 1. The molecule has 1 aromatic rings. The van der Waals surface area contributed by atoms with Gasteiger partial charge in [0.05, 0.1) is 10.5 Å². The van der Waals surface area contributed by atoms with Crippen molar-refractivity contribution in [2.24, 2.45) is 0 Å². The highest BCUT2D eigenvalue weighted by Gasteiger charge is 2.34. The van der Waals surface area contributed by atoms with Crippen LogP contribution < -0.4 is 5.32 Å². The Morgan fingerprint density at radius 3 is 2.48 bits per heavy atom. The molecule has 2 rings (SSSR count). The van der Waals surface area contributed by atoms with Gasteiger partial charge in [0.15, 0.2) is 0 Å². The quantitative estimate of drug-likeness (QED) is 0.827. The summed E-state index contributed by atoms with van der Waals surface area (Å²) in [6, 6.07) is 5.94. The minimum Gasteiger partial charge on any atom is -0.376 e. The van der Waals surface area contributed by atoms with Crippen molar-refractivity contribution in [3.05, 3.63) is 29.8 Å². The zero-order valence-corrected chi connectivity index (χ0v) is 15.2. The molecule has 1 aliphatic rings. The highest BCUT2D eigenvalue weighted by molar-refractivity contribution is 7.99. The predicted molar refractivity (Wildman–Crippen MR) is 91.3 cm³/mol. The van der Waals surface area contributed by atoms with Gasteiger partial charge in [-0.2, -0.15) is 11.8 Å². The lowest BCUT2D eigenvalue weighted by Crippen LogP contribution is -2.44. The van der Waals surface area contributed by atoms with Gasteiger partial charge in [0, 0.05) is 39.1 Å². The Morgan fingerprint density at radius 1 is 1.35 bits per heavy atom. The van der Waals surface area contributed by atoms with Crippen molar-refractivity contribution in [3.63, 3.8) is 0 Å². The Kier molecular flexibility index (Phi) is 5.72. The molecule has 1 saturated heterocycles. The highest BCUT2D eigenvalue weighted by atomic mass is 32.2. The first kappa shape index (κ1) is 18.3. The van der Waals surface area contributed by atoms with Gasteiger partial charge in [-0.15, -0.1) is 0 Å². The molecule has 0 unspecified atom stereocenters. The van der Waals surface area contributed by atoms with Gasteiger partial charge < -0.3 is 10.1 Å². The van der Waals surface area contributed by atoms with E-state index in [9.17, 15) is 13.2 Å². The van der Waals surface area contributed by atoms with Crippen LogP contribution >= 0.6 is 11.8 Å². The number of hydrogen-bond donors (Lipinski definition) is 1. The summed E-state index contributed by atoms with van der Waals surface area (Å²) >= 11 is 1.81. The van der Waals surface area contributed by atoms with Gasteiger partial charge in [-0.05, 0) is 36.4 Å². The zero-order valence-electron chi connectivity index (χ0n) is 13.5. The van der Waals surface area contributed by atoms with Gasteiger partial charge in [-0.3, -0.25) is 4.79 Å². The van der Waals surface area contributed by atoms with Crippen molar-refractivity contribution in [1.82, 2.24) is 9.62 Å². The van der Waals surface area contributed by atoms with E-state index in [1.807, 2.05) is 11.8 Å². The van der Waals surface area contributed by atoms with Crippen molar-refractivity contribution in [2.75, 3.05) is 39.3 Å². The molecule has 8 heteroatoms. The molecule has 0 aliphatic carbocycles. The number of amides is 1. The lowest BCUT2D eigenvalue weighted by molar-refractivity contribution is 0.0137. The number of thioether (sulfide) groups is 1. The number of nitrogens with one attached hydrogen (secondary N) is 1. The van der Waals surface area contributed by atoms with E-state index in [-0.39, 0.29) is 16.4 Å². The van der Waals surface area contributed by atoms with Crippen LogP contribution in [0.5, 0.6) is 0 Å². The zero-order chi connectivity index (χ0) is 17.1. The number of carbonyl (C=O) groups excluding carboxylic acids is 1. The maximum Gasteiger partial charge on any atom is 0.251 e. The summed E-state index contributed by atoms with van der Waals surface area (Å²) in [6.07, 6.45) is 0.911. The first-order chi connectivity index (χ1) is 10.8. The summed E-state index contributed by atoms with van der Waals surface area (Å²) < 4.78 is 30.7. The van der Waals surface area contributed by atoms with Crippen LogP contribution in [0.15, 0.2) is 29.2 Å². The summed E-state index contributed by atoms with van der Waals surface area (Å²) in [7, 11) is 1.13. The normalized spacial score (nSPS) is 21.6. The molecule has 0 aromatic heterocycles. The molecule has 0 spiro atoms. The number of carbonyl (C=O) groups is 1. The Bertz CT molecular complexity index is 651. The smallest absolute Gasteiger partial charge is 0.251 e. The molecule has 0 bridgehead atoms. The van der Waals surface area contributed by atoms with Crippen LogP contribution in [0.3, 0.4) is 0 Å². The maximum absolute atomic E-state index is 12.2. The lowest BCUT2D eigenvalue weighted by atomic mass is 10.0. The molecule has 1 heterocycles. The van der Waals surface area contributed by atoms with Crippen LogP contribution in [-0.4, -0.2) is 63.5 Å². The Labute approximate surface area is 141 Å². The maximum atomic E-state index is 12.2. The lowest BCUT2D eigenvalue weighted by Gasteiger charge is -2.26. The molecule has 0 radical (unpaired) electrons. The van der Waals surface area contributed by atoms with Crippen LogP contribution in [0, 0.1) is 0 Å². The van der Waals surface area contributed by atoms with Gasteiger partial charge in [0.25, 0.3) is 5.91 Å². The summed E-state index contributed by atoms with van der Waals surface area (Å²) in [4.78, 5) is 12.4. The van der Waals surface area contributed by atoms with Crippen LogP contribution in [0.1, 0.15) is 16.8 Å². The molecule has 128 valence electrons. The van der Waals surface area contributed by atoms with E-state index in [1.165, 1.54) is 38.4 Å². The van der Waals surface area contributed by atoms with E-state index in [2.05, 4.69) is 5.32 Å². The third kappa shape index (κ3) is 4.06. The SMILES string of the molecule is CO[C@@]1(CNC(=O)c2ccc(S(=O)(=O)N(C)C)cc2)CCSC1. The molecule has 1 aliphatic heterocycles. The van der Waals surface area contributed by atoms with E-state index in [1.54, 1.807) is 7.11 Å². The Morgan fingerprint density at radius 2 is 2.00 bits per heavy atom. The highest BCUT2D eigenvalue weighted by Crippen LogP contribution is 2.30. The van der Waals surface area contributed by atoms with E-state index in [0.29, 0.717) is 12.1 Å². The van der Waals surface area contributed by atoms with Crippen molar-refractivity contribution >= 4 is 27.7 Å². The van der Waals surface area contributed by atoms with Gasteiger partial charge in [-0.1, -0.05) is 0 Å². The molecule has 23 heavy (non-hydrogen) atoms. The van der Waals surface area contributed by atoms with E-state index >= 15 is 0 Å². The molecule has 1 fully saturated rings. The summed E-state index contributed by atoms with van der Waals surface area (Å²) in [6.45, 7) is 0.451. The molecular formula is C15H22N2O4S2. The average Bonchev–Trinajstić information content (AvgIpc) is 3.02. The molecule has 0 saturated carbocycles. The van der Waals surface area contributed by atoms with Crippen LogP contribution in [0.2, 0.25) is 0 Å². The first-order valence-corrected chi connectivity index (χ1v) is 9.84. The van der Waals surface area contributed by atoms with Crippen molar-refractivity contribution in [1.29, 1.82) is 0 Å². The van der Waals surface area contributed by atoms with Crippen molar-refractivity contribution in [3.8, 4) is 0 Å². The Hall–Kier alpha value is -1.09. The first-order valence-electron chi connectivity index (χ1n) is 7.24. The standard InChI is InChI=1S/C15H22N2O4S2/c1-17(2)23(19,20)13-6-4-12(5-7-13)14(18)16-10-15(21-3)8-9-22-11-15/h4-7H,8-11H2,1-3H3,(H,16,18)/t15-/m1/s1. The van der Waals surface area contributed by atoms with Crippen LogP contribution in [0.25, 0.3) is 0 Å². The van der Waals surface area contributed by atoms with E-state index in [4.69, 9.17) is 4.74 Å².